The Morgan fingerprint density at radius 2 is 2.03 bits per heavy atom. The summed E-state index contributed by atoms with van der Waals surface area (Å²) >= 11 is 13.2. The van der Waals surface area contributed by atoms with Crippen LogP contribution >= 0.6 is 34.7 Å². The number of aromatic nitrogens is 1. The molecule has 33 heavy (non-hydrogen) atoms. The molecule has 8 nitrogen and oxygen atoms in total. The Bertz CT molecular complexity index is 1280. The summed E-state index contributed by atoms with van der Waals surface area (Å²) in [6.45, 7) is 1.34. The van der Waals surface area contributed by atoms with Crippen molar-refractivity contribution < 1.29 is 12.8 Å². The van der Waals surface area contributed by atoms with E-state index in [1.807, 2.05) is 19.0 Å². The van der Waals surface area contributed by atoms with Crippen LogP contribution in [-0.4, -0.2) is 40.6 Å². The van der Waals surface area contributed by atoms with Crippen LogP contribution < -0.4 is 19.4 Å². The number of nitrogens with zero attached hydrogens (tertiary/aromatic N) is 4. The van der Waals surface area contributed by atoms with Crippen LogP contribution in [0.1, 0.15) is 5.56 Å². The van der Waals surface area contributed by atoms with Crippen LogP contribution in [0, 0.1) is 17.1 Å². The summed E-state index contributed by atoms with van der Waals surface area (Å²) in [4.78, 5) is 5.06. The minimum Gasteiger partial charge on any atom is -0.372 e. The fourth-order valence-electron chi connectivity index (χ4n) is 2.88. The maximum atomic E-state index is 14.9. The van der Waals surface area contributed by atoms with Crippen LogP contribution in [0.3, 0.4) is 0 Å². The van der Waals surface area contributed by atoms with E-state index in [1.165, 1.54) is 6.20 Å². The highest BCUT2D eigenvalue weighted by atomic mass is 35.5. The Labute approximate surface area is 205 Å². The van der Waals surface area contributed by atoms with Gasteiger partial charge in [-0.3, -0.25) is 0 Å². The first-order valence-electron chi connectivity index (χ1n) is 9.45. The van der Waals surface area contributed by atoms with Gasteiger partial charge in [0.15, 0.2) is 0 Å². The van der Waals surface area contributed by atoms with Crippen molar-refractivity contribution in [2.24, 2.45) is 0 Å². The van der Waals surface area contributed by atoms with Crippen molar-refractivity contribution in [3.8, 4) is 6.07 Å². The standard InChI is InChI=1S/C20H19Cl2FN6O2S2/c1-25-5-7-28(2)18-9-13(12-24)3-4-16(18)27-17-11-15(23)19(10-14(17)21)33(30,31)29(22)20-26-6-8-32-20/h3-4,6,8-11,25,27H,5,7H2,1-2H3. The first-order valence-corrected chi connectivity index (χ1v) is 12.5. The lowest BCUT2D eigenvalue weighted by Crippen LogP contribution is -2.27. The van der Waals surface area contributed by atoms with E-state index in [9.17, 15) is 18.1 Å². The zero-order valence-corrected chi connectivity index (χ0v) is 20.7. The van der Waals surface area contributed by atoms with Gasteiger partial charge in [0, 0.05) is 49.6 Å². The zero-order chi connectivity index (χ0) is 24.2. The molecule has 0 spiro atoms. The highest BCUT2D eigenvalue weighted by Gasteiger charge is 2.30. The number of hydrogen-bond donors (Lipinski definition) is 2. The van der Waals surface area contributed by atoms with E-state index < -0.39 is 20.7 Å². The van der Waals surface area contributed by atoms with Crippen molar-refractivity contribution in [2.75, 3.05) is 41.2 Å². The predicted octanol–water partition coefficient (Wildman–Crippen LogP) is 4.56. The molecule has 2 aromatic carbocycles. The average molecular weight is 529 g/mol. The second-order valence-corrected chi connectivity index (χ2v) is 10.4. The molecule has 0 atom stereocenters. The molecular weight excluding hydrogens is 510 g/mol. The summed E-state index contributed by atoms with van der Waals surface area (Å²) in [7, 11) is -0.759. The normalized spacial score (nSPS) is 11.2. The van der Waals surface area contributed by atoms with Crippen LogP contribution in [0.4, 0.5) is 26.6 Å². The van der Waals surface area contributed by atoms with Crippen LogP contribution in [0.15, 0.2) is 46.8 Å². The number of sulfonamides is 1. The predicted molar refractivity (Wildman–Crippen MR) is 131 cm³/mol. The van der Waals surface area contributed by atoms with Gasteiger partial charge < -0.3 is 15.5 Å². The van der Waals surface area contributed by atoms with E-state index in [-0.39, 0.29) is 15.8 Å². The molecule has 2 N–H and O–H groups in total. The monoisotopic (exact) mass is 528 g/mol. The minimum absolute atomic E-state index is 0.0266. The summed E-state index contributed by atoms with van der Waals surface area (Å²) < 4.78 is 40.9. The van der Waals surface area contributed by atoms with E-state index in [1.54, 1.807) is 23.6 Å². The molecule has 0 aliphatic rings. The number of likely N-dealkylation sites (N-methyl/N-ethyl adjacent to an activating group) is 2. The van der Waals surface area contributed by atoms with E-state index in [0.29, 0.717) is 33.9 Å². The Morgan fingerprint density at radius 1 is 1.27 bits per heavy atom. The molecule has 0 unspecified atom stereocenters. The van der Waals surface area contributed by atoms with Crippen LogP contribution in [0.25, 0.3) is 0 Å². The number of rotatable bonds is 9. The van der Waals surface area contributed by atoms with Gasteiger partial charge in [0.2, 0.25) is 5.13 Å². The number of nitrogens with one attached hydrogen (secondary N) is 2. The number of nitriles is 1. The second kappa shape index (κ2) is 10.5. The fraction of sp³-hybridized carbons (Fsp3) is 0.200. The molecule has 0 amide bonds. The topological polar surface area (TPSA) is 101 Å². The number of anilines is 4. The molecule has 0 aliphatic heterocycles. The summed E-state index contributed by atoms with van der Waals surface area (Å²) in [6, 6.07) is 9.05. The van der Waals surface area contributed by atoms with Crippen molar-refractivity contribution in [1.29, 1.82) is 5.26 Å². The summed E-state index contributed by atoms with van der Waals surface area (Å²) in [5, 5.41) is 16.8. The lowest BCUT2D eigenvalue weighted by molar-refractivity contribution is 0.568. The molecule has 0 saturated heterocycles. The summed E-state index contributed by atoms with van der Waals surface area (Å²) in [5.41, 5.74) is 1.85. The summed E-state index contributed by atoms with van der Waals surface area (Å²) in [5.74, 6) is -1.04. The van der Waals surface area contributed by atoms with Gasteiger partial charge in [-0.2, -0.15) is 13.7 Å². The molecule has 0 bridgehead atoms. The molecule has 0 radical (unpaired) electrons. The summed E-state index contributed by atoms with van der Waals surface area (Å²) in [6.07, 6.45) is 1.38. The second-order valence-electron chi connectivity index (χ2n) is 6.79. The van der Waals surface area contributed by atoms with E-state index in [0.717, 1.165) is 23.5 Å². The third kappa shape index (κ3) is 5.48. The Balaban J connectivity index is 1.97. The van der Waals surface area contributed by atoms with Crippen molar-refractivity contribution >= 4 is 66.9 Å². The molecule has 0 aliphatic carbocycles. The Kier molecular flexibility index (Phi) is 7.99. The third-order valence-electron chi connectivity index (χ3n) is 4.58. The zero-order valence-electron chi connectivity index (χ0n) is 17.5. The SMILES string of the molecule is CNCCN(C)c1cc(C#N)ccc1Nc1cc(F)c(S(=O)(=O)N(Cl)c2nccs2)cc1Cl. The highest BCUT2D eigenvalue weighted by Crippen LogP contribution is 2.36. The van der Waals surface area contributed by atoms with Gasteiger partial charge in [-0.15, -0.1) is 15.2 Å². The fourth-order valence-corrected chi connectivity index (χ4v) is 5.41. The van der Waals surface area contributed by atoms with Gasteiger partial charge in [0.1, 0.15) is 10.7 Å². The lowest BCUT2D eigenvalue weighted by Gasteiger charge is -2.24. The number of thiazole rings is 1. The van der Waals surface area contributed by atoms with Gasteiger partial charge in [-0.05, 0) is 31.3 Å². The van der Waals surface area contributed by atoms with Crippen LogP contribution in [0.2, 0.25) is 5.02 Å². The quantitative estimate of drug-likeness (QED) is 0.392. The van der Waals surface area contributed by atoms with Crippen molar-refractivity contribution in [3.05, 3.63) is 58.3 Å². The molecule has 0 saturated carbocycles. The average Bonchev–Trinajstić information content (AvgIpc) is 3.34. The largest absolute Gasteiger partial charge is 0.372 e. The Morgan fingerprint density at radius 3 is 2.67 bits per heavy atom. The van der Waals surface area contributed by atoms with Gasteiger partial charge in [0.25, 0.3) is 10.0 Å². The molecule has 1 aromatic heterocycles. The van der Waals surface area contributed by atoms with E-state index >= 15 is 0 Å². The van der Waals surface area contributed by atoms with Gasteiger partial charge in [-0.25, -0.2) is 9.37 Å². The van der Waals surface area contributed by atoms with Gasteiger partial charge >= 0.3 is 0 Å². The molecular formula is C20H19Cl2FN6O2S2. The first kappa shape index (κ1) is 25.0. The lowest BCUT2D eigenvalue weighted by atomic mass is 10.1. The molecule has 3 aromatic rings. The molecule has 13 heteroatoms. The molecule has 3 rings (SSSR count). The maximum absolute atomic E-state index is 14.9. The van der Waals surface area contributed by atoms with Crippen molar-refractivity contribution in [3.63, 3.8) is 0 Å². The molecule has 174 valence electrons. The van der Waals surface area contributed by atoms with Gasteiger partial charge in [-0.1, -0.05) is 11.6 Å². The van der Waals surface area contributed by atoms with E-state index in [4.69, 9.17) is 23.4 Å². The van der Waals surface area contributed by atoms with Gasteiger partial charge in [0.05, 0.1) is 33.7 Å². The smallest absolute Gasteiger partial charge is 0.283 e. The molecule has 1 heterocycles. The first-order chi connectivity index (χ1) is 15.7. The number of halogens is 3. The van der Waals surface area contributed by atoms with Crippen LogP contribution in [-0.2, 0) is 10.0 Å². The maximum Gasteiger partial charge on any atom is 0.283 e. The van der Waals surface area contributed by atoms with Crippen molar-refractivity contribution in [1.82, 2.24) is 10.3 Å². The van der Waals surface area contributed by atoms with Crippen molar-refractivity contribution in [2.45, 2.75) is 4.90 Å². The molecule has 0 fully saturated rings. The van der Waals surface area contributed by atoms with E-state index in [2.05, 4.69) is 21.7 Å². The third-order valence-corrected chi connectivity index (χ3v) is 8.04. The minimum atomic E-state index is -4.44. The Hall–Kier alpha value is -2.62. The number of hydrogen-bond acceptors (Lipinski definition) is 8. The van der Waals surface area contributed by atoms with Crippen LogP contribution in [0.5, 0.6) is 0 Å². The number of benzene rings is 2. The highest BCUT2D eigenvalue weighted by molar-refractivity contribution is 7.94.